The first-order valence-electron chi connectivity index (χ1n) is 9.48. The number of benzene rings is 1. The zero-order valence-corrected chi connectivity index (χ0v) is 14.9. The summed E-state index contributed by atoms with van der Waals surface area (Å²) in [5, 5.41) is 0. The number of hydrogen-bond acceptors (Lipinski definition) is 3. The predicted octanol–water partition coefficient (Wildman–Crippen LogP) is 1.81. The highest BCUT2D eigenvalue weighted by Gasteiger charge is 2.30. The molecule has 0 saturated carbocycles. The lowest BCUT2D eigenvalue weighted by Crippen LogP contribution is -2.52. The van der Waals surface area contributed by atoms with Gasteiger partial charge in [-0.1, -0.05) is 36.8 Å². The zero-order valence-electron chi connectivity index (χ0n) is 14.9. The summed E-state index contributed by atoms with van der Waals surface area (Å²) in [6, 6.07) is 10.3. The van der Waals surface area contributed by atoms with Crippen molar-refractivity contribution in [1.29, 1.82) is 0 Å². The number of carbonyl (C=O) groups excluding carboxylic acids is 2. The van der Waals surface area contributed by atoms with Crippen molar-refractivity contribution in [3.05, 3.63) is 35.9 Å². The number of nitrogens with zero attached hydrogens (tertiary/aromatic N) is 2. The van der Waals surface area contributed by atoms with Crippen molar-refractivity contribution < 1.29 is 9.59 Å². The van der Waals surface area contributed by atoms with Gasteiger partial charge >= 0.3 is 0 Å². The third-order valence-corrected chi connectivity index (χ3v) is 5.61. The molecule has 2 aliphatic heterocycles. The molecule has 1 aromatic rings. The summed E-state index contributed by atoms with van der Waals surface area (Å²) in [6.45, 7) is 2.78. The van der Waals surface area contributed by atoms with Gasteiger partial charge in [0.2, 0.25) is 11.8 Å². The molecule has 1 atom stereocenters. The molecular formula is C20H29N3O2. The normalized spacial score (nSPS) is 22.7. The molecule has 0 aromatic heterocycles. The number of rotatable bonds is 5. The van der Waals surface area contributed by atoms with E-state index in [1.807, 2.05) is 15.9 Å². The van der Waals surface area contributed by atoms with Gasteiger partial charge in [-0.2, -0.15) is 0 Å². The summed E-state index contributed by atoms with van der Waals surface area (Å²) in [6.07, 6.45) is 6.04. The molecule has 3 rings (SSSR count). The molecular weight excluding hydrogens is 314 g/mol. The first-order valence-corrected chi connectivity index (χ1v) is 9.48. The quantitative estimate of drug-likeness (QED) is 0.887. The molecule has 0 bridgehead atoms. The average molecular weight is 343 g/mol. The minimum absolute atomic E-state index is 0.145. The highest BCUT2D eigenvalue weighted by atomic mass is 16.2. The highest BCUT2D eigenvalue weighted by Crippen LogP contribution is 2.22. The maximum absolute atomic E-state index is 12.6. The molecule has 2 amide bonds. The van der Waals surface area contributed by atoms with Crippen LogP contribution >= 0.6 is 0 Å². The van der Waals surface area contributed by atoms with Gasteiger partial charge in [0.05, 0.1) is 12.6 Å². The Labute approximate surface area is 150 Å². The van der Waals surface area contributed by atoms with Crippen LogP contribution in [0.2, 0.25) is 0 Å². The first-order chi connectivity index (χ1) is 12.1. The van der Waals surface area contributed by atoms with E-state index in [-0.39, 0.29) is 17.9 Å². The van der Waals surface area contributed by atoms with E-state index < -0.39 is 0 Å². The Morgan fingerprint density at radius 3 is 2.40 bits per heavy atom. The summed E-state index contributed by atoms with van der Waals surface area (Å²) < 4.78 is 0. The van der Waals surface area contributed by atoms with Gasteiger partial charge in [0.1, 0.15) is 0 Å². The van der Waals surface area contributed by atoms with Gasteiger partial charge in [-0.25, -0.2) is 0 Å². The Morgan fingerprint density at radius 1 is 1.00 bits per heavy atom. The van der Waals surface area contributed by atoms with Crippen LogP contribution < -0.4 is 5.73 Å². The van der Waals surface area contributed by atoms with E-state index in [1.54, 1.807) is 0 Å². The zero-order chi connectivity index (χ0) is 17.6. The van der Waals surface area contributed by atoms with E-state index in [1.165, 1.54) is 5.56 Å². The molecule has 0 spiro atoms. The van der Waals surface area contributed by atoms with Crippen molar-refractivity contribution in [2.75, 3.05) is 26.2 Å². The van der Waals surface area contributed by atoms with Gasteiger partial charge in [-0.3, -0.25) is 14.5 Å². The maximum atomic E-state index is 12.6. The van der Waals surface area contributed by atoms with E-state index in [0.29, 0.717) is 12.5 Å². The van der Waals surface area contributed by atoms with Crippen LogP contribution in [0.1, 0.15) is 37.7 Å². The van der Waals surface area contributed by atoms with Crippen molar-refractivity contribution in [3.63, 3.8) is 0 Å². The van der Waals surface area contributed by atoms with Crippen LogP contribution in [0.3, 0.4) is 0 Å². The standard InChI is InChI=1S/C20H29N3O2/c21-20(25)18-8-4-5-11-23(18)15-19(24)22-12-9-17(10-13-22)14-16-6-2-1-3-7-16/h1-3,6-7,17-18H,4-5,8-15H2,(H2,21,25)/t18-/m1/s1. The maximum Gasteiger partial charge on any atom is 0.236 e. The first kappa shape index (κ1) is 17.9. The van der Waals surface area contributed by atoms with Gasteiger partial charge in [-0.15, -0.1) is 0 Å². The van der Waals surface area contributed by atoms with Crippen LogP contribution in [0.25, 0.3) is 0 Å². The smallest absolute Gasteiger partial charge is 0.236 e. The SMILES string of the molecule is NC(=O)[C@H]1CCCCN1CC(=O)N1CCC(Cc2ccccc2)CC1. The van der Waals surface area contributed by atoms with Crippen molar-refractivity contribution in [3.8, 4) is 0 Å². The molecule has 2 saturated heterocycles. The second-order valence-electron chi connectivity index (χ2n) is 7.40. The Morgan fingerprint density at radius 2 is 1.72 bits per heavy atom. The van der Waals surface area contributed by atoms with Gasteiger partial charge in [-0.05, 0) is 50.1 Å². The van der Waals surface area contributed by atoms with Gasteiger partial charge < -0.3 is 10.6 Å². The number of likely N-dealkylation sites (tertiary alicyclic amines) is 2. The van der Waals surface area contributed by atoms with E-state index >= 15 is 0 Å². The fourth-order valence-corrected chi connectivity index (χ4v) is 4.11. The van der Waals surface area contributed by atoms with Crippen molar-refractivity contribution in [1.82, 2.24) is 9.80 Å². The Kier molecular flexibility index (Phi) is 6.08. The van der Waals surface area contributed by atoms with E-state index in [9.17, 15) is 9.59 Å². The Bertz CT molecular complexity index is 582. The largest absolute Gasteiger partial charge is 0.368 e. The fourth-order valence-electron chi connectivity index (χ4n) is 4.11. The van der Waals surface area contributed by atoms with Crippen LogP contribution in [0, 0.1) is 5.92 Å². The van der Waals surface area contributed by atoms with Crippen LogP contribution in [-0.4, -0.2) is 53.8 Å². The summed E-state index contributed by atoms with van der Waals surface area (Å²) in [4.78, 5) is 28.2. The van der Waals surface area contributed by atoms with Crippen LogP contribution in [0.5, 0.6) is 0 Å². The Hall–Kier alpha value is -1.88. The minimum Gasteiger partial charge on any atom is -0.368 e. The third-order valence-electron chi connectivity index (χ3n) is 5.61. The molecule has 2 fully saturated rings. The predicted molar refractivity (Wildman–Crippen MR) is 97.9 cm³/mol. The highest BCUT2D eigenvalue weighted by molar-refractivity contribution is 5.82. The minimum atomic E-state index is -0.297. The van der Waals surface area contributed by atoms with Gasteiger partial charge in [0, 0.05) is 13.1 Å². The molecule has 0 radical (unpaired) electrons. The monoisotopic (exact) mass is 343 g/mol. The van der Waals surface area contributed by atoms with E-state index in [2.05, 4.69) is 24.3 Å². The third kappa shape index (κ3) is 4.82. The van der Waals surface area contributed by atoms with Crippen molar-refractivity contribution in [2.45, 2.75) is 44.6 Å². The van der Waals surface area contributed by atoms with Gasteiger partial charge in [0.15, 0.2) is 0 Å². The topological polar surface area (TPSA) is 66.6 Å². The van der Waals surface area contributed by atoms with Crippen LogP contribution in [0.4, 0.5) is 0 Å². The molecule has 136 valence electrons. The molecule has 2 aliphatic rings. The molecule has 0 unspecified atom stereocenters. The van der Waals surface area contributed by atoms with E-state index in [0.717, 1.165) is 58.2 Å². The fraction of sp³-hybridized carbons (Fsp3) is 0.600. The molecule has 5 heteroatoms. The second kappa shape index (κ2) is 8.48. The lowest BCUT2D eigenvalue weighted by molar-refractivity contribution is -0.136. The molecule has 5 nitrogen and oxygen atoms in total. The van der Waals surface area contributed by atoms with E-state index in [4.69, 9.17) is 5.73 Å². The molecule has 2 heterocycles. The number of primary amides is 1. The second-order valence-corrected chi connectivity index (χ2v) is 7.40. The van der Waals surface area contributed by atoms with Crippen LogP contribution in [0.15, 0.2) is 30.3 Å². The number of amides is 2. The lowest BCUT2D eigenvalue weighted by Gasteiger charge is -2.37. The summed E-state index contributed by atoms with van der Waals surface area (Å²) in [7, 11) is 0. The van der Waals surface area contributed by atoms with Crippen molar-refractivity contribution >= 4 is 11.8 Å². The summed E-state index contributed by atoms with van der Waals surface area (Å²) in [5.74, 6) is 0.500. The number of nitrogens with two attached hydrogens (primary N) is 1. The lowest BCUT2D eigenvalue weighted by atomic mass is 9.90. The summed E-state index contributed by atoms with van der Waals surface area (Å²) in [5.41, 5.74) is 6.88. The average Bonchev–Trinajstić information content (AvgIpc) is 2.63. The number of hydrogen-bond donors (Lipinski definition) is 1. The van der Waals surface area contributed by atoms with Crippen molar-refractivity contribution in [2.24, 2.45) is 11.7 Å². The van der Waals surface area contributed by atoms with Gasteiger partial charge in [0.25, 0.3) is 0 Å². The summed E-state index contributed by atoms with van der Waals surface area (Å²) >= 11 is 0. The molecule has 0 aliphatic carbocycles. The molecule has 2 N–H and O–H groups in total. The molecule has 1 aromatic carbocycles. The van der Waals surface area contributed by atoms with Crippen LogP contribution in [-0.2, 0) is 16.0 Å². The number of piperidine rings is 2. The Balaban J connectivity index is 1.47. The molecule has 25 heavy (non-hydrogen) atoms. The number of carbonyl (C=O) groups is 2.